The van der Waals surface area contributed by atoms with Crippen LogP contribution < -0.4 is 16.2 Å². The number of rotatable bonds is 6. The van der Waals surface area contributed by atoms with Gasteiger partial charge in [-0.2, -0.15) is 5.26 Å². The summed E-state index contributed by atoms with van der Waals surface area (Å²) in [7, 11) is 0. The van der Waals surface area contributed by atoms with E-state index in [1.54, 1.807) is 36.4 Å². The van der Waals surface area contributed by atoms with E-state index >= 15 is 0 Å². The molecule has 2 heterocycles. The van der Waals surface area contributed by atoms with Gasteiger partial charge in [0.05, 0.1) is 11.8 Å². The van der Waals surface area contributed by atoms with Gasteiger partial charge in [-0.3, -0.25) is 14.6 Å². The van der Waals surface area contributed by atoms with Gasteiger partial charge in [0.25, 0.3) is 11.5 Å². The highest BCUT2D eigenvalue weighted by Crippen LogP contribution is 2.24. The molecule has 12 nitrogen and oxygen atoms in total. The van der Waals surface area contributed by atoms with Gasteiger partial charge in [-0.05, 0) is 41.3 Å². The van der Waals surface area contributed by atoms with Crippen LogP contribution in [0, 0.1) is 21.4 Å². The highest BCUT2D eigenvalue weighted by atomic mass is 35.5. The van der Waals surface area contributed by atoms with Crippen LogP contribution in [0.5, 0.6) is 0 Å². The second-order valence-electron chi connectivity index (χ2n) is 6.81. The maximum absolute atomic E-state index is 12.4. The number of benzene rings is 2. The number of carbonyl (C=O) groups is 1. The van der Waals surface area contributed by atoms with Crippen molar-refractivity contribution in [2.45, 2.75) is 0 Å². The standard InChI is InChI=1S/C21H13ClN8O4/c22-12-3-7-14(8-4-12)25-21-26-18(15(10-23)19(31)27-21)11-1-5-13(6-2-11)24-20(32)16-9-17(29-28-16)30(33)34/h1-9H,(H,24,32)(H,28,29)(H2,25,26,27,31). The van der Waals surface area contributed by atoms with Crippen molar-refractivity contribution in [3.05, 3.63) is 91.3 Å². The average molecular weight is 477 g/mol. The van der Waals surface area contributed by atoms with Crippen LogP contribution in [0.2, 0.25) is 5.02 Å². The molecule has 0 aliphatic rings. The van der Waals surface area contributed by atoms with Gasteiger partial charge >= 0.3 is 5.82 Å². The molecule has 0 aliphatic heterocycles. The molecule has 168 valence electrons. The predicted octanol–water partition coefficient (Wildman–Crippen LogP) is 3.59. The van der Waals surface area contributed by atoms with E-state index in [4.69, 9.17) is 11.6 Å². The van der Waals surface area contributed by atoms with Crippen LogP contribution in [0.3, 0.4) is 0 Å². The molecule has 2 aromatic carbocycles. The smallest absolute Gasteiger partial charge is 0.343 e. The minimum absolute atomic E-state index is 0.124. The van der Waals surface area contributed by atoms with Crippen LogP contribution in [-0.4, -0.2) is 31.0 Å². The third kappa shape index (κ3) is 4.74. The number of aromatic amines is 2. The maximum Gasteiger partial charge on any atom is 0.343 e. The summed E-state index contributed by atoms with van der Waals surface area (Å²) >= 11 is 5.88. The lowest BCUT2D eigenvalue weighted by Gasteiger charge is -2.10. The molecule has 0 aliphatic carbocycles. The number of nitrogens with one attached hydrogen (secondary N) is 4. The number of anilines is 3. The molecule has 2 aromatic heterocycles. The number of amides is 1. The second kappa shape index (κ2) is 9.23. The Labute approximate surface area is 195 Å². The Kier molecular flexibility index (Phi) is 6.02. The van der Waals surface area contributed by atoms with Gasteiger partial charge in [0.2, 0.25) is 5.95 Å². The van der Waals surface area contributed by atoms with Crippen LogP contribution in [0.15, 0.2) is 59.4 Å². The summed E-state index contributed by atoms with van der Waals surface area (Å²) in [5.74, 6) is -0.940. The molecule has 34 heavy (non-hydrogen) atoms. The Morgan fingerprint density at radius 2 is 1.79 bits per heavy atom. The predicted molar refractivity (Wildman–Crippen MR) is 123 cm³/mol. The molecule has 0 fully saturated rings. The van der Waals surface area contributed by atoms with Crippen LogP contribution >= 0.6 is 11.6 Å². The van der Waals surface area contributed by atoms with Gasteiger partial charge in [0.15, 0.2) is 5.69 Å². The lowest BCUT2D eigenvalue weighted by molar-refractivity contribution is -0.389. The van der Waals surface area contributed by atoms with E-state index in [1.165, 1.54) is 12.1 Å². The number of nitrogens with zero attached hydrogens (tertiary/aromatic N) is 4. The summed E-state index contributed by atoms with van der Waals surface area (Å²) in [4.78, 5) is 41.6. The monoisotopic (exact) mass is 476 g/mol. The fourth-order valence-electron chi connectivity index (χ4n) is 2.94. The lowest BCUT2D eigenvalue weighted by Crippen LogP contribution is -2.16. The van der Waals surface area contributed by atoms with Gasteiger partial charge < -0.3 is 20.7 Å². The molecule has 4 rings (SSSR count). The van der Waals surface area contributed by atoms with Gasteiger partial charge in [-0.25, -0.2) is 4.98 Å². The molecule has 0 spiro atoms. The molecule has 0 unspecified atom stereocenters. The first-order valence-corrected chi connectivity index (χ1v) is 9.90. The van der Waals surface area contributed by atoms with Crippen molar-refractivity contribution in [3.63, 3.8) is 0 Å². The first-order chi connectivity index (χ1) is 16.3. The molecule has 0 atom stereocenters. The van der Waals surface area contributed by atoms with Crippen molar-refractivity contribution in [3.8, 4) is 17.3 Å². The summed E-state index contributed by atoms with van der Waals surface area (Å²) in [5, 5.41) is 32.0. The van der Waals surface area contributed by atoms with E-state index in [2.05, 4.69) is 30.8 Å². The Morgan fingerprint density at radius 3 is 2.41 bits per heavy atom. The first kappa shape index (κ1) is 22.2. The average Bonchev–Trinajstić information content (AvgIpc) is 3.32. The molecule has 4 aromatic rings. The first-order valence-electron chi connectivity index (χ1n) is 9.52. The molecule has 4 N–H and O–H groups in total. The summed E-state index contributed by atoms with van der Waals surface area (Å²) in [6.07, 6.45) is 0. The molecule has 1 amide bonds. The van der Waals surface area contributed by atoms with Gasteiger partial charge in [-0.15, -0.1) is 5.10 Å². The van der Waals surface area contributed by atoms with Crippen LogP contribution in [-0.2, 0) is 0 Å². The zero-order valence-electron chi connectivity index (χ0n) is 17.0. The zero-order valence-corrected chi connectivity index (χ0v) is 17.8. The Balaban J connectivity index is 1.58. The maximum atomic E-state index is 12.4. The fourth-order valence-corrected chi connectivity index (χ4v) is 3.07. The van der Waals surface area contributed by atoms with E-state index in [1.807, 2.05) is 6.07 Å². The topological polar surface area (TPSA) is 182 Å². The van der Waals surface area contributed by atoms with E-state index in [0.29, 0.717) is 22.0 Å². The number of hydrogen-bond donors (Lipinski definition) is 4. The van der Waals surface area contributed by atoms with Crippen molar-refractivity contribution in [2.75, 3.05) is 10.6 Å². The van der Waals surface area contributed by atoms with Gasteiger partial charge in [-0.1, -0.05) is 28.8 Å². The summed E-state index contributed by atoms with van der Waals surface area (Å²) in [5.41, 5.74) is 0.626. The minimum Gasteiger partial charge on any atom is -0.358 e. The van der Waals surface area contributed by atoms with Gasteiger partial charge in [0.1, 0.15) is 11.6 Å². The highest BCUT2D eigenvalue weighted by Gasteiger charge is 2.17. The highest BCUT2D eigenvalue weighted by molar-refractivity contribution is 6.30. The SMILES string of the molecule is N#Cc1c(-c2ccc(NC(=O)c3cc([N+](=O)[O-])[nH]n3)cc2)nc(Nc2ccc(Cl)cc2)[nH]c1=O. The lowest BCUT2D eigenvalue weighted by atomic mass is 10.1. The Bertz CT molecular complexity index is 1490. The van der Waals surface area contributed by atoms with E-state index < -0.39 is 22.2 Å². The van der Waals surface area contributed by atoms with Crippen molar-refractivity contribution < 1.29 is 9.72 Å². The molecule has 0 bridgehead atoms. The summed E-state index contributed by atoms with van der Waals surface area (Å²) in [6.45, 7) is 0. The van der Waals surface area contributed by atoms with E-state index in [9.17, 15) is 25.0 Å². The second-order valence-corrected chi connectivity index (χ2v) is 7.25. The minimum atomic E-state index is -0.698. The summed E-state index contributed by atoms with van der Waals surface area (Å²) in [6, 6.07) is 15.8. The summed E-state index contributed by atoms with van der Waals surface area (Å²) < 4.78 is 0. The largest absolute Gasteiger partial charge is 0.358 e. The van der Waals surface area contributed by atoms with E-state index in [0.717, 1.165) is 6.07 Å². The Morgan fingerprint density at radius 1 is 1.12 bits per heavy atom. The normalized spacial score (nSPS) is 10.4. The molecular formula is C21H13ClN8O4. The van der Waals surface area contributed by atoms with Crippen molar-refractivity contribution in [1.29, 1.82) is 5.26 Å². The van der Waals surface area contributed by atoms with Crippen LogP contribution in [0.4, 0.5) is 23.1 Å². The van der Waals surface area contributed by atoms with Crippen LogP contribution in [0.25, 0.3) is 11.3 Å². The van der Waals surface area contributed by atoms with Crippen molar-refractivity contribution in [1.82, 2.24) is 20.2 Å². The number of halogens is 1. The van der Waals surface area contributed by atoms with Gasteiger partial charge in [0, 0.05) is 22.0 Å². The molecule has 13 heteroatoms. The number of carbonyl (C=O) groups excluding carboxylic acids is 1. The third-order valence-electron chi connectivity index (χ3n) is 4.55. The fraction of sp³-hybridized carbons (Fsp3) is 0. The molecular weight excluding hydrogens is 464 g/mol. The number of nitriles is 1. The third-order valence-corrected chi connectivity index (χ3v) is 4.80. The molecule has 0 saturated carbocycles. The molecule has 0 radical (unpaired) electrons. The van der Waals surface area contributed by atoms with Crippen molar-refractivity contribution >= 4 is 40.6 Å². The number of hydrogen-bond acceptors (Lipinski definition) is 8. The van der Waals surface area contributed by atoms with Crippen LogP contribution in [0.1, 0.15) is 16.1 Å². The number of aromatic nitrogens is 4. The van der Waals surface area contributed by atoms with E-state index in [-0.39, 0.29) is 22.9 Å². The number of nitro groups is 1. The Hall–Kier alpha value is -5.02. The number of H-pyrrole nitrogens is 2. The quantitative estimate of drug-likeness (QED) is 0.240. The zero-order chi connectivity index (χ0) is 24.2. The van der Waals surface area contributed by atoms with Crippen molar-refractivity contribution in [2.24, 2.45) is 0 Å². The molecule has 0 saturated heterocycles.